The molecule has 380 valence electrons. The highest BCUT2D eigenvalue weighted by Crippen LogP contribution is 2.52. The van der Waals surface area contributed by atoms with Gasteiger partial charge in [0.1, 0.15) is 5.82 Å². The Bertz CT molecular complexity index is 4460. The fraction of sp³-hybridized carbons (Fsp3) is 0.0571. The quantitative estimate of drug-likeness (QED) is 0.0818. The van der Waals surface area contributed by atoms with Gasteiger partial charge in [-0.1, -0.05) is 174 Å². The third-order valence-electron chi connectivity index (χ3n) is 16.5. The molecule has 5 heterocycles. The minimum atomic E-state index is -0.258. The van der Waals surface area contributed by atoms with Gasteiger partial charge in [0.05, 0.1) is 56.2 Å². The van der Waals surface area contributed by atoms with Crippen molar-refractivity contribution in [3.8, 4) is 17.1 Å². The van der Waals surface area contributed by atoms with E-state index >= 15 is 0 Å². The summed E-state index contributed by atoms with van der Waals surface area (Å²) in [6.07, 6.45) is 5.86. The van der Waals surface area contributed by atoms with E-state index in [1.165, 1.54) is 44.0 Å². The van der Waals surface area contributed by atoms with Crippen LogP contribution in [0.4, 0.5) is 45.6 Å². The summed E-state index contributed by atoms with van der Waals surface area (Å²) in [4.78, 5) is 15.3. The van der Waals surface area contributed by atoms with E-state index in [0.29, 0.717) is 0 Å². The normalized spacial score (nSPS) is 13.1. The zero-order chi connectivity index (χ0) is 53.6. The number of fused-ring (bicyclic) bond motifs is 6. The predicted octanol–water partition coefficient (Wildman–Crippen LogP) is 14.8. The van der Waals surface area contributed by atoms with E-state index in [2.05, 4.69) is 316 Å². The number of imidazole rings is 1. The summed E-state index contributed by atoms with van der Waals surface area (Å²) < 4.78 is 6.87. The molecule has 0 spiro atoms. The summed E-state index contributed by atoms with van der Waals surface area (Å²) in [5, 5.41) is 2.45. The predicted molar refractivity (Wildman–Crippen MR) is 333 cm³/mol. The molecule has 80 heavy (non-hydrogen) atoms. The topological polar surface area (TPSA) is 39.6 Å². The maximum atomic E-state index is 5.24. The second-order valence-corrected chi connectivity index (χ2v) is 21.2. The van der Waals surface area contributed by atoms with Gasteiger partial charge in [0.2, 0.25) is 0 Å². The number of para-hydroxylation sites is 8. The van der Waals surface area contributed by atoms with Crippen molar-refractivity contribution in [2.45, 2.75) is 27.7 Å². The lowest BCUT2D eigenvalue weighted by molar-refractivity contribution is -0.572. The molecule has 0 atom stereocenters. The van der Waals surface area contributed by atoms with Gasteiger partial charge in [-0.3, -0.25) is 9.13 Å². The number of rotatable bonds is 9. The number of aromatic nitrogens is 4. The molecule has 3 aromatic heterocycles. The molecule has 0 unspecified atom stereocenters. The van der Waals surface area contributed by atoms with Crippen LogP contribution in [0.5, 0.6) is 0 Å². The van der Waals surface area contributed by atoms with E-state index in [0.717, 1.165) is 84.8 Å². The van der Waals surface area contributed by atoms with Crippen LogP contribution < -0.4 is 34.7 Å². The standard InChI is InChI=1S/C70H54B2N8/c1-48-23-19-24-49(2)68(48)71-77(52-27-7-5-8-28-52)65-43-42-56(80-70-66(41-22-44-73-70)78(53-29-9-6-10-30-53)72(80)69-50(3)25-20-26-51(69)4)46-67(65)79(71)55-32-21-31-54(45-55)74-47-75(62-38-16-15-37-61(62)74)63-39-17-18-40-64(63)76-59-35-13-11-33-57(59)58-34-12-14-36-60(58)76/h5-46H,1-4H3. The van der Waals surface area contributed by atoms with Gasteiger partial charge in [0, 0.05) is 39.7 Å². The molecule has 2 aliphatic heterocycles. The van der Waals surface area contributed by atoms with Crippen molar-refractivity contribution in [1.82, 2.24) is 14.1 Å². The number of nitrogens with zero attached hydrogens (tertiary/aromatic N) is 8. The third kappa shape index (κ3) is 7.32. The lowest BCUT2D eigenvalue weighted by atomic mass is 9.61. The van der Waals surface area contributed by atoms with E-state index in [1.807, 2.05) is 6.20 Å². The number of benzene rings is 10. The molecular weight excluding hydrogens is 974 g/mol. The minimum Gasteiger partial charge on any atom is -0.360 e. The molecular formula is C70H54B2N8. The van der Waals surface area contributed by atoms with Gasteiger partial charge in [-0.2, -0.15) is 0 Å². The number of hydrogen-bond acceptors (Lipinski definition) is 5. The SMILES string of the molecule is Cc1cccc(C)c1B1N(c2ccccc2)c2ccc(N3B(c4c(C)cccc4C)N(c4ccccc4)c4cccnc43)cc2N1c1cccc(-n2[c-][n+](-c3ccccc3-n3c4ccccc4c4ccccc43)c3ccccc32)c1. The fourth-order valence-corrected chi connectivity index (χ4v) is 13.1. The molecule has 0 radical (unpaired) electrons. The smallest absolute Gasteiger partial charge is 0.360 e. The molecule has 0 saturated heterocycles. The van der Waals surface area contributed by atoms with E-state index in [-0.39, 0.29) is 14.0 Å². The average molecular weight is 1030 g/mol. The molecule has 2 aliphatic rings. The Labute approximate surface area is 467 Å². The van der Waals surface area contributed by atoms with Crippen LogP contribution in [-0.2, 0) is 0 Å². The van der Waals surface area contributed by atoms with Gasteiger partial charge >= 0.3 is 14.0 Å². The highest BCUT2D eigenvalue weighted by molar-refractivity contribution is 6.86. The lowest BCUT2D eigenvalue weighted by Gasteiger charge is -2.33. The summed E-state index contributed by atoms with van der Waals surface area (Å²) >= 11 is 0. The number of aryl methyl sites for hydroxylation is 4. The van der Waals surface area contributed by atoms with Crippen LogP contribution >= 0.6 is 0 Å². The first-order chi connectivity index (χ1) is 39.4. The molecule has 0 aliphatic carbocycles. The fourth-order valence-electron chi connectivity index (χ4n) is 13.1. The summed E-state index contributed by atoms with van der Waals surface area (Å²) in [5.41, 5.74) is 22.5. The van der Waals surface area contributed by atoms with Crippen molar-refractivity contribution in [1.29, 1.82) is 0 Å². The Balaban J connectivity index is 0.942. The van der Waals surface area contributed by atoms with Crippen LogP contribution in [-0.4, -0.2) is 28.1 Å². The molecule has 15 rings (SSSR count). The van der Waals surface area contributed by atoms with Crippen LogP contribution in [0.15, 0.2) is 255 Å². The van der Waals surface area contributed by atoms with Crippen LogP contribution in [0.25, 0.3) is 49.9 Å². The Hall–Kier alpha value is -10.1. The van der Waals surface area contributed by atoms with Crippen molar-refractivity contribution >= 4 is 103 Å². The molecule has 8 nitrogen and oxygen atoms in total. The summed E-state index contributed by atoms with van der Waals surface area (Å²) in [5.74, 6) is 0.907. The monoisotopic (exact) mass is 1030 g/mol. The number of hydrogen-bond donors (Lipinski definition) is 0. The molecule has 10 aromatic carbocycles. The number of anilines is 8. The van der Waals surface area contributed by atoms with Crippen molar-refractivity contribution in [3.05, 3.63) is 283 Å². The first-order valence-corrected chi connectivity index (χ1v) is 27.5. The zero-order valence-electron chi connectivity index (χ0n) is 45.0. The zero-order valence-corrected chi connectivity index (χ0v) is 45.0. The Morgan fingerprint density at radius 1 is 0.362 bits per heavy atom. The molecule has 10 heteroatoms. The van der Waals surface area contributed by atoms with Crippen molar-refractivity contribution < 1.29 is 4.57 Å². The molecule has 13 aromatic rings. The molecule has 0 saturated carbocycles. The Morgan fingerprint density at radius 3 is 1.51 bits per heavy atom. The maximum absolute atomic E-state index is 5.24. The second kappa shape index (κ2) is 18.9. The van der Waals surface area contributed by atoms with Gasteiger partial charge in [-0.25, -0.2) is 4.98 Å². The molecule has 0 amide bonds. The molecule has 0 fully saturated rings. The van der Waals surface area contributed by atoms with Crippen molar-refractivity contribution in [2.75, 3.05) is 19.2 Å². The van der Waals surface area contributed by atoms with Gasteiger partial charge in [0.25, 0.3) is 6.33 Å². The Morgan fingerprint density at radius 2 is 0.850 bits per heavy atom. The van der Waals surface area contributed by atoms with E-state index < -0.39 is 0 Å². The van der Waals surface area contributed by atoms with Crippen LogP contribution in [0.2, 0.25) is 0 Å². The highest BCUT2D eigenvalue weighted by atomic mass is 15.3. The second-order valence-electron chi connectivity index (χ2n) is 21.2. The third-order valence-corrected chi connectivity index (χ3v) is 16.5. The summed E-state index contributed by atoms with van der Waals surface area (Å²) in [6, 6.07) is 90.2. The maximum Gasteiger partial charge on any atom is 0.422 e. The van der Waals surface area contributed by atoms with Gasteiger partial charge in [-0.15, -0.1) is 0 Å². The average Bonchev–Trinajstić information content (AvgIpc) is 4.26. The largest absolute Gasteiger partial charge is 0.422 e. The van der Waals surface area contributed by atoms with Gasteiger partial charge < -0.3 is 23.8 Å². The van der Waals surface area contributed by atoms with E-state index in [4.69, 9.17) is 4.98 Å². The Kier molecular flexibility index (Phi) is 11.1. The molecule has 0 bridgehead atoms. The van der Waals surface area contributed by atoms with Crippen molar-refractivity contribution in [3.63, 3.8) is 0 Å². The first-order valence-electron chi connectivity index (χ1n) is 27.5. The number of pyridine rings is 1. The van der Waals surface area contributed by atoms with E-state index in [1.54, 1.807) is 0 Å². The first kappa shape index (κ1) is 47.2. The lowest BCUT2D eigenvalue weighted by Crippen LogP contribution is -2.55. The molecule has 0 N–H and O–H groups in total. The highest BCUT2D eigenvalue weighted by Gasteiger charge is 2.49. The van der Waals surface area contributed by atoms with Crippen LogP contribution in [0.1, 0.15) is 22.3 Å². The van der Waals surface area contributed by atoms with Gasteiger partial charge in [0.15, 0.2) is 0 Å². The summed E-state index contributed by atoms with van der Waals surface area (Å²) in [7, 11) is 0. The van der Waals surface area contributed by atoms with E-state index in [9.17, 15) is 0 Å². The van der Waals surface area contributed by atoms with Crippen LogP contribution in [0, 0.1) is 34.0 Å². The van der Waals surface area contributed by atoms with Gasteiger partial charge in [-0.05, 0) is 136 Å². The van der Waals surface area contributed by atoms with Crippen molar-refractivity contribution in [2.24, 2.45) is 0 Å². The van der Waals surface area contributed by atoms with Crippen LogP contribution in [0.3, 0.4) is 0 Å². The summed E-state index contributed by atoms with van der Waals surface area (Å²) in [6.45, 7) is 8.50. The minimum absolute atomic E-state index is 0.233.